The van der Waals surface area contributed by atoms with Crippen LogP contribution in [-0.2, 0) is 4.79 Å². The Morgan fingerprint density at radius 3 is 2.55 bits per heavy atom. The number of hydrogen-bond acceptors (Lipinski definition) is 3. The number of ketones is 1. The molecular formula is C8H16N2O. The topological polar surface area (TPSA) is 69.1 Å². The van der Waals surface area contributed by atoms with Crippen LogP contribution < -0.4 is 11.5 Å². The van der Waals surface area contributed by atoms with Gasteiger partial charge in [-0.05, 0) is 18.9 Å². The van der Waals surface area contributed by atoms with Crippen LogP contribution in [0.2, 0.25) is 0 Å². The molecule has 0 aliphatic heterocycles. The number of hydrogen-bond donors (Lipinski definition) is 2. The van der Waals surface area contributed by atoms with Crippen LogP contribution in [0.1, 0.15) is 20.3 Å². The molecule has 2 atom stereocenters. The zero-order valence-electron chi connectivity index (χ0n) is 7.13. The molecule has 1 unspecified atom stereocenters. The van der Waals surface area contributed by atoms with Crippen molar-refractivity contribution in [3.63, 3.8) is 0 Å². The smallest absolute Gasteiger partial charge is 0.155 e. The van der Waals surface area contributed by atoms with E-state index in [9.17, 15) is 4.79 Å². The van der Waals surface area contributed by atoms with Gasteiger partial charge in [-0.15, -0.1) is 0 Å². The van der Waals surface area contributed by atoms with Crippen molar-refractivity contribution in [3.05, 3.63) is 0 Å². The van der Waals surface area contributed by atoms with Gasteiger partial charge in [0.05, 0.1) is 5.54 Å². The molecule has 1 aliphatic carbocycles. The molecule has 0 saturated heterocycles. The lowest BCUT2D eigenvalue weighted by molar-refractivity contribution is -0.124. The summed E-state index contributed by atoms with van der Waals surface area (Å²) in [7, 11) is 0. The summed E-state index contributed by atoms with van der Waals surface area (Å²) in [6.07, 6.45) is 0.778. The molecule has 1 aliphatic rings. The van der Waals surface area contributed by atoms with E-state index in [1.807, 2.05) is 13.8 Å². The van der Waals surface area contributed by atoms with Crippen molar-refractivity contribution >= 4 is 5.78 Å². The van der Waals surface area contributed by atoms with Crippen LogP contribution in [0.15, 0.2) is 0 Å². The summed E-state index contributed by atoms with van der Waals surface area (Å²) >= 11 is 0. The first-order chi connectivity index (χ1) is 5.02. The normalized spacial score (nSPS) is 35.9. The fourth-order valence-electron chi connectivity index (χ4n) is 1.48. The Kier molecular flexibility index (Phi) is 2.03. The van der Waals surface area contributed by atoms with Crippen LogP contribution in [-0.4, -0.2) is 17.9 Å². The molecule has 0 spiro atoms. The van der Waals surface area contributed by atoms with Crippen LogP contribution in [0.25, 0.3) is 0 Å². The Hall–Kier alpha value is -0.410. The standard InChI is InChI=1S/C8H16N2O/c1-5(2)7(11)8(10)3-6(8)4-9/h5-6H,3-4,9-10H2,1-2H3/t6-,8?/m1/s1. The average molecular weight is 156 g/mol. The van der Waals surface area contributed by atoms with Crippen LogP contribution in [0.3, 0.4) is 0 Å². The molecule has 3 heteroatoms. The van der Waals surface area contributed by atoms with E-state index >= 15 is 0 Å². The van der Waals surface area contributed by atoms with Crippen molar-refractivity contribution < 1.29 is 4.79 Å². The van der Waals surface area contributed by atoms with Crippen molar-refractivity contribution in [2.24, 2.45) is 23.3 Å². The molecule has 0 aromatic carbocycles. The number of Topliss-reactive ketones (excluding diaryl/α,β-unsaturated/α-hetero) is 1. The minimum Gasteiger partial charge on any atom is -0.330 e. The second-order valence-electron chi connectivity index (χ2n) is 3.70. The zero-order chi connectivity index (χ0) is 8.65. The Morgan fingerprint density at radius 2 is 2.27 bits per heavy atom. The van der Waals surface area contributed by atoms with E-state index < -0.39 is 5.54 Å². The number of rotatable bonds is 3. The number of nitrogens with two attached hydrogens (primary N) is 2. The second kappa shape index (κ2) is 2.57. The molecule has 11 heavy (non-hydrogen) atoms. The maximum absolute atomic E-state index is 11.4. The molecular weight excluding hydrogens is 140 g/mol. The second-order valence-corrected chi connectivity index (χ2v) is 3.70. The summed E-state index contributed by atoms with van der Waals surface area (Å²) in [4.78, 5) is 11.4. The van der Waals surface area contributed by atoms with Crippen molar-refractivity contribution in [2.75, 3.05) is 6.54 Å². The summed E-state index contributed by atoms with van der Waals surface area (Å²) in [5.74, 6) is 0.432. The third-order valence-corrected chi connectivity index (χ3v) is 2.42. The van der Waals surface area contributed by atoms with Crippen molar-refractivity contribution in [1.82, 2.24) is 0 Å². The molecule has 0 heterocycles. The monoisotopic (exact) mass is 156 g/mol. The first kappa shape index (κ1) is 8.68. The minimum atomic E-state index is -0.567. The van der Waals surface area contributed by atoms with Crippen LogP contribution in [0.4, 0.5) is 0 Å². The summed E-state index contributed by atoms with van der Waals surface area (Å²) in [5, 5.41) is 0. The molecule has 0 aromatic rings. The van der Waals surface area contributed by atoms with Gasteiger partial charge in [0, 0.05) is 5.92 Å². The molecule has 4 N–H and O–H groups in total. The van der Waals surface area contributed by atoms with E-state index in [0.717, 1.165) is 6.42 Å². The lowest BCUT2D eigenvalue weighted by atomic mass is 9.99. The predicted molar refractivity (Wildman–Crippen MR) is 43.9 cm³/mol. The summed E-state index contributed by atoms with van der Waals surface area (Å²) in [6, 6.07) is 0. The van der Waals surface area contributed by atoms with Crippen molar-refractivity contribution in [3.8, 4) is 0 Å². The minimum absolute atomic E-state index is 0.0385. The van der Waals surface area contributed by atoms with Gasteiger partial charge in [0.1, 0.15) is 0 Å². The quantitative estimate of drug-likeness (QED) is 0.599. The maximum Gasteiger partial charge on any atom is 0.155 e. The Labute approximate surface area is 67.1 Å². The van der Waals surface area contributed by atoms with E-state index in [-0.39, 0.29) is 17.6 Å². The third-order valence-electron chi connectivity index (χ3n) is 2.42. The van der Waals surface area contributed by atoms with Gasteiger partial charge >= 0.3 is 0 Å². The van der Waals surface area contributed by atoms with Gasteiger partial charge < -0.3 is 11.5 Å². The molecule has 1 rings (SSSR count). The summed E-state index contributed by atoms with van der Waals surface area (Å²) in [6.45, 7) is 4.29. The molecule has 0 aromatic heterocycles. The highest BCUT2D eigenvalue weighted by atomic mass is 16.1. The summed E-state index contributed by atoms with van der Waals surface area (Å²) < 4.78 is 0. The fraction of sp³-hybridized carbons (Fsp3) is 0.875. The van der Waals surface area contributed by atoms with E-state index in [0.29, 0.717) is 6.54 Å². The summed E-state index contributed by atoms with van der Waals surface area (Å²) in [5.41, 5.74) is 10.7. The van der Waals surface area contributed by atoms with Gasteiger partial charge in [-0.1, -0.05) is 13.8 Å². The predicted octanol–water partition coefficient (Wildman–Crippen LogP) is -0.112. The van der Waals surface area contributed by atoms with E-state index in [2.05, 4.69) is 0 Å². The largest absolute Gasteiger partial charge is 0.330 e. The Bertz CT molecular complexity index is 179. The molecule has 0 bridgehead atoms. The van der Waals surface area contributed by atoms with Gasteiger partial charge in [0.25, 0.3) is 0 Å². The van der Waals surface area contributed by atoms with Gasteiger partial charge in [-0.2, -0.15) is 0 Å². The van der Waals surface area contributed by atoms with E-state index in [4.69, 9.17) is 11.5 Å². The lowest BCUT2D eigenvalue weighted by Crippen LogP contribution is -2.39. The Morgan fingerprint density at radius 1 is 1.73 bits per heavy atom. The van der Waals surface area contributed by atoms with Gasteiger partial charge in [-0.3, -0.25) is 4.79 Å². The lowest BCUT2D eigenvalue weighted by Gasteiger charge is -2.11. The SMILES string of the molecule is CC(C)C(=O)C1(N)C[C@@H]1CN. The molecule has 0 amide bonds. The highest BCUT2D eigenvalue weighted by Crippen LogP contribution is 2.42. The maximum atomic E-state index is 11.4. The number of carbonyl (C=O) groups excluding carboxylic acids is 1. The van der Waals surface area contributed by atoms with Crippen LogP contribution in [0.5, 0.6) is 0 Å². The molecule has 1 fully saturated rings. The first-order valence-corrected chi connectivity index (χ1v) is 4.05. The van der Waals surface area contributed by atoms with Crippen molar-refractivity contribution in [1.29, 1.82) is 0 Å². The first-order valence-electron chi connectivity index (χ1n) is 4.05. The van der Waals surface area contributed by atoms with E-state index in [1.165, 1.54) is 0 Å². The molecule has 64 valence electrons. The van der Waals surface area contributed by atoms with Gasteiger partial charge in [-0.25, -0.2) is 0 Å². The number of carbonyl (C=O) groups is 1. The fourth-order valence-corrected chi connectivity index (χ4v) is 1.48. The van der Waals surface area contributed by atoms with Crippen LogP contribution in [0, 0.1) is 11.8 Å². The van der Waals surface area contributed by atoms with Crippen molar-refractivity contribution in [2.45, 2.75) is 25.8 Å². The van der Waals surface area contributed by atoms with Gasteiger partial charge in [0.15, 0.2) is 5.78 Å². The zero-order valence-corrected chi connectivity index (χ0v) is 7.13. The Balaban J connectivity index is 2.56. The molecule has 3 nitrogen and oxygen atoms in total. The van der Waals surface area contributed by atoms with Crippen LogP contribution >= 0.6 is 0 Å². The van der Waals surface area contributed by atoms with Gasteiger partial charge in [0.2, 0.25) is 0 Å². The highest BCUT2D eigenvalue weighted by Gasteiger charge is 2.55. The third kappa shape index (κ3) is 1.30. The molecule has 1 saturated carbocycles. The average Bonchev–Trinajstić information content (AvgIpc) is 2.61. The molecule has 0 radical (unpaired) electrons. The highest BCUT2D eigenvalue weighted by molar-refractivity contribution is 5.93. The van der Waals surface area contributed by atoms with E-state index in [1.54, 1.807) is 0 Å².